The second-order valence-electron chi connectivity index (χ2n) is 4.77. The summed E-state index contributed by atoms with van der Waals surface area (Å²) in [6.45, 7) is 4.38. The summed E-state index contributed by atoms with van der Waals surface area (Å²) >= 11 is 3.98. The van der Waals surface area contributed by atoms with E-state index in [0.29, 0.717) is 4.75 Å². The van der Waals surface area contributed by atoms with Crippen LogP contribution in [-0.4, -0.2) is 34.5 Å². The van der Waals surface area contributed by atoms with Gasteiger partial charge in [0.2, 0.25) is 0 Å². The van der Waals surface area contributed by atoms with Crippen molar-refractivity contribution in [1.29, 1.82) is 0 Å². The summed E-state index contributed by atoms with van der Waals surface area (Å²) in [6, 6.07) is 0. The van der Waals surface area contributed by atoms with Gasteiger partial charge in [-0.3, -0.25) is 4.99 Å². The molecule has 0 amide bonds. The number of hydrogen-bond acceptors (Lipinski definition) is 4. The van der Waals surface area contributed by atoms with Crippen molar-refractivity contribution in [2.45, 2.75) is 49.0 Å². The van der Waals surface area contributed by atoms with Gasteiger partial charge in [-0.2, -0.15) is 11.8 Å². The number of amidine groups is 1. The lowest BCUT2D eigenvalue weighted by Gasteiger charge is -2.40. The zero-order valence-electron chi connectivity index (χ0n) is 10.3. The number of hydrogen-bond donors (Lipinski definition) is 1. The van der Waals surface area contributed by atoms with Crippen LogP contribution in [0.2, 0.25) is 0 Å². The van der Waals surface area contributed by atoms with Crippen LogP contribution in [0.5, 0.6) is 0 Å². The fourth-order valence-corrected chi connectivity index (χ4v) is 4.28. The van der Waals surface area contributed by atoms with E-state index in [0.717, 1.165) is 18.3 Å². The van der Waals surface area contributed by atoms with E-state index in [-0.39, 0.29) is 0 Å². The quantitative estimate of drug-likeness (QED) is 0.820. The van der Waals surface area contributed by atoms with Gasteiger partial charge in [-0.25, -0.2) is 0 Å². The number of nitrogens with zero attached hydrogens (tertiary/aromatic N) is 1. The molecule has 0 radical (unpaired) electrons. The molecule has 16 heavy (non-hydrogen) atoms. The first kappa shape index (κ1) is 12.6. The fraction of sp³-hybridized carbons (Fsp3) is 0.917. The maximum absolute atomic E-state index is 4.59. The summed E-state index contributed by atoms with van der Waals surface area (Å²) in [5, 5.41) is 5.48. The third-order valence-electron chi connectivity index (χ3n) is 3.59. The van der Waals surface area contributed by atoms with Gasteiger partial charge in [0.25, 0.3) is 0 Å². The van der Waals surface area contributed by atoms with Gasteiger partial charge in [0.1, 0.15) is 0 Å². The summed E-state index contributed by atoms with van der Waals surface area (Å²) < 4.78 is 0.520. The van der Waals surface area contributed by atoms with Crippen LogP contribution in [0, 0.1) is 0 Å². The van der Waals surface area contributed by atoms with Gasteiger partial charge in [-0.15, -0.1) is 0 Å². The Morgan fingerprint density at radius 2 is 2.38 bits per heavy atom. The molecule has 1 fully saturated rings. The molecule has 4 heteroatoms. The molecular formula is C12H22N2S2. The van der Waals surface area contributed by atoms with Gasteiger partial charge in [0.15, 0.2) is 5.17 Å². The molecule has 0 aromatic rings. The summed E-state index contributed by atoms with van der Waals surface area (Å²) in [6.07, 6.45) is 8.96. The van der Waals surface area contributed by atoms with Gasteiger partial charge in [-0.1, -0.05) is 31.5 Å². The van der Waals surface area contributed by atoms with E-state index in [1.165, 1.54) is 37.3 Å². The van der Waals surface area contributed by atoms with Crippen LogP contribution in [0.3, 0.4) is 0 Å². The Labute approximate surface area is 107 Å². The minimum absolute atomic E-state index is 0.520. The first-order valence-corrected chi connectivity index (χ1v) is 8.38. The molecule has 2 aliphatic rings. The van der Waals surface area contributed by atoms with Crippen LogP contribution in [0.1, 0.15) is 39.0 Å². The molecule has 1 heterocycles. The number of thioether (sulfide) groups is 2. The number of rotatable bonds is 5. The molecule has 1 aliphatic carbocycles. The zero-order chi connectivity index (χ0) is 11.4. The predicted molar refractivity (Wildman–Crippen MR) is 76.7 cm³/mol. The lowest BCUT2D eigenvalue weighted by atomic mass is 9.84. The fourth-order valence-electron chi connectivity index (χ4n) is 2.25. The standard InChI is InChI=1S/C12H22N2S2/c1-3-5-10-8-13-11(16-10)14-9-12(15-2)6-4-7-12/h10H,3-9H2,1-2H3,(H,13,14). The van der Waals surface area contributed by atoms with Crippen molar-refractivity contribution in [1.82, 2.24) is 5.32 Å². The summed E-state index contributed by atoms with van der Waals surface area (Å²) in [7, 11) is 0. The first-order valence-electron chi connectivity index (χ1n) is 6.28. The molecule has 0 saturated heterocycles. The van der Waals surface area contributed by atoms with Gasteiger partial charge in [0.05, 0.1) is 6.54 Å². The highest BCUT2D eigenvalue weighted by atomic mass is 32.2. The van der Waals surface area contributed by atoms with E-state index in [1.807, 2.05) is 23.5 Å². The molecule has 92 valence electrons. The molecule has 1 atom stereocenters. The minimum Gasteiger partial charge on any atom is -0.364 e. The van der Waals surface area contributed by atoms with Crippen LogP contribution in [-0.2, 0) is 0 Å². The maximum Gasteiger partial charge on any atom is 0.156 e. The first-order chi connectivity index (χ1) is 7.78. The molecule has 1 unspecified atom stereocenters. The van der Waals surface area contributed by atoms with Crippen molar-refractivity contribution in [3.05, 3.63) is 0 Å². The van der Waals surface area contributed by atoms with Crippen LogP contribution in [0.4, 0.5) is 0 Å². The van der Waals surface area contributed by atoms with Gasteiger partial charge >= 0.3 is 0 Å². The summed E-state index contributed by atoms with van der Waals surface area (Å²) in [4.78, 5) is 4.59. The van der Waals surface area contributed by atoms with Gasteiger partial charge < -0.3 is 5.32 Å². The van der Waals surface area contributed by atoms with E-state index in [2.05, 4.69) is 23.5 Å². The third-order valence-corrected chi connectivity index (χ3v) is 6.22. The van der Waals surface area contributed by atoms with Crippen molar-refractivity contribution < 1.29 is 0 Å². The lowest BCUT2D eigenvalue weighted by molar-refractivity contribution is 0.362. The van der Waals surface area contributed by atoms with Crippen LogP contribution in [0.15, 0.2) is 4.99 Å². The maximum atomic E-state index is 4.59. The monoisotopic (exact) mass is 258 g/mol. The third kappa shape index (κ3) is 2.89. The van der Waals surface area contributed by atoms with Crippen LogP contribution < -0.4 is 5.32 Å². The van der Waals surface area contributed by atoms with Crippen molar-refractivity contribution >= 4 is 28.7 Å². The summed E-state index contributed by atoms with van der Waals surface area (Å²) in [5.74, 6) is 0. The molecule has 2 rings (SSSR count). The molecule has 1 saturated carbocycles. The molecule has 0 bridgehead atoms. The molecule has 2 nitrogen and oxygen atoms in total. The highest BCUT2D eigenvalue weighted by Crippen LogP contribution is 2.42. The van der Waals surface area contributed by atoms with Gasteiger partial charge in [-0.05, 0) is 25.5 Å². The molecule has 0 aromatic carbocycles. The Morgan fingerprint density at radius 3 is 2.94 bits per heavy atom. The average molecular weight is 258 g/mol. The Kier molecular flexibility index (Phi) is 4.48. The SMILES string of the molecule is CCCC1CN=C(NCC2(SC)CCC2)S1. The van der Waals surface area contributed by atoms with Crippen LogP contribution >= 0.6 is 23.5 Å². The predicted octanol–water partition coefficient (Wildman–Crippen LogP) is 3.13. The topological polar surface area (TPSA) is 24.4 Å². The van der Waals surface area contributed by atoms with Gasteiger partial charge in [0, 0.05) is 16.5 Å². The highest BCUT2D eigenvalue weighted by Gasteiger charge is 2.36. The molecular weight excluding hydrogens is 236 g/mol. The largest absolute Gasteiger partial charge is 0.364 e. The second kappa shape index (κ2) is 5.67. The van der Waals surface area contributed by atoms with Crippen molar-refractivity contribution in [3.8, 4) is 0 Å². The Bertz CT molecular complexity index is 256. The second-order valence-corrected chi connectivity index (χ2v) is 7.33. The molecule has 1 aliphatic heterocycles. The molecule has 0 aromatic heterocycles. The smallest absolute Gasteiger partial charge is 0.156 e. The lowest BCUT2D eigenvalue weighted by Crippen LogP contribution is -2.44. The average Bonchev–Trinajstić information content (AvgIpc) is 2.66. The van der Waals surface area contributed by atoms with Crippen molar-refractivity contribution in [3.63, 3.8) is 0 Å². The van der Waals surface area contributed by atoms with E-state index in [9.17, 15) is 0 Å². The van der Waals surface area contributed by atoms with E-state index in [1.54, 1.807) is 0 Å². The van der Waals surface area contributed by atoms with Crippen molar-refractivity contribution in [2.75, 3.05) is 19.3 Å². The number of nitrogens with one attached hydrogen (secondary N) is 1. The Morgan fingerprint density at radius 1 is 1.56 bits per heavy atom. The minimum atomic E-state index is 0.520. The molecule has 0 spiro atoms. The van der Waals surface area contributed by atoms with E-state index < -0.39 is 0 Å². The Balaban J connectivity index is 1.71. The molecule has 1 N–H and O–H groups in total. The van der Waals surface area contributed by atoms with Crippen molar-refractivity contribution in [2.24, 2.45) is 4.99 Å². The zero-order valence-corrected chi connectivity index (χ0v) is 11.9. The highest BCUT2D eigenvalue weighted by molar-refractivity contribution is 8.14. The Hall–Kier alpha value is 0.170. The van der Waals surface area contributed by atoms with E-state index >= 15 is 0 Å². The van der Waals surface area contributed by atoms with E-state index in [4.69, 9.17) is 0 Å². The van der Waals surface area contributed by atoms with Crippen LogP contribution in [0.25, 0.3) is 0 Å². The normalized spacial score (nSPS) is 27.4. The summed E-state index contributed by atoms with van der Waals surface area (Å²) in [5.41, 5.74) is 0. The number of aliphatic imine (C=N–C) groups is 1.